The highest BCUT2D eigenvalue weighted by atomic mass is 16.6. The van der Waals surface area contributed by atoms with E-state index in [0.29, 0.717) is 36.2 Å². The van der Waals surface area contributed by atoms with Gasteiger partial charge in [-0.25, -0.2) is 4.98 Å². The van der Waals surface area contributed by atoms with E-state index in [2.05, 4.69) is 15.3 Å². The number of amides is 1. The summed E-state index contributed by atoms with van der Waals surface area (Å²) in [5.41, 5.74) is 2.95. The number of H-pyrrole nitrogens is 1. The summed E-state index contributed by atoms with van der Waals surface area (Å²) in [6.45, 7) is 1.03. The van der Waals surface area contributed by atoms with Crippen LogP contribution in [-0.4, -0.2) is 40.2 Å². The first-order chi connectivity index (χ1) is 13.1. The zero-order valence-corrected chi connectivity index (χ0v) is 14.3. The number of aromatic nitrogens is 2. The average molecular weight is 367 g/mol. The largest absolute Gasteiger partial charge is 0.486 e. The molecule has 8 heteroatoms. The van der Waals surface area contributed by atoms with Gasteiger partial charge in [0, 0.05) is 29.8 Å². The first kappa shape index (κ1) is 16.9. The number of anilines is 1. The lowest BCUT2D eigenvalue weighted by Gasteiger charge is -2.17. The Kier molecular flexibility index (Phi) is 4.37. The number of benzene rings is 2. The number of carboxylic acids is 1. The number of hydrogen-bond acceptors (Lipinski definition) is 5. The second-order valence-electron chi connectivity index (χ2n) is 6.12. The lowest BCUT2D eigenvalue weighted by molar-refractivity contribution is -0.138. The quantitative estimate of drug-likeness (QED) is 0.639. The molecule has 3 N–H and O–H groups in total. The van der Waals surface area contributed by atoms with E-state index in [1.54, 1.807) is 18.2 Å². The van der Waals surface area contributed by atoms with Gasteiger partial charge in [0.05, 0.1) is 17.5 Å². The van der Waals surface area contributed by atoms with Crippen molar-refractivity contribution < 1.29 is 24.2 Å². The van der Waals surface area contributed by atoms with Crippen molar-refractivity contribution in [3.8, 4) is 22.9 Å². The van der Waals surface area contributed by atoms with Crippen molar-refractivity contribution in [2.45, 2.75) is 12.8 Å². The number of rotatable bonds is 5. The predicted octanol–water partition coefficient (Wildman–Crippen LogP) is 2.80. The Balaban J connectivity index is 1.58. The van der Waals surface area contributed by atoms with Crippen LogP contribution >= 0.6 is 0 Å². The fourth-order valence-electron chi connectivity index (χ4n) is 2.87. The van der Waals surface area contributed by atoms with E-state index >= 15 is 0 Å². The number of hydrogen-bond donors (Lipinski definition) is 3. The maximum absolute atomic E-state index is 11.8. The van der Waals surface area contributed by atoms with Crippen molar-refractivity contribution in [3.63, 3.8) is 0 Å². The van der Waals surface area contributed by atoms with Crippen LogP contribution in [0.4, 0.5) is 5.69 Å². The molecule has 1 amide bonds. The fourth-order valence-corrected chi connectivity index (χ4v) is 2.87. The molecular weight excluding hydrogens is 350 g/mol. The Labute approximate surface area is 154 Å². The molecule has 0 unspecified atom stereocenters. The summed E-state index contributed by atoms with van der Waals surface area (Å²) in [7, 11) is 0. The number of nitrogens with one attached hydrogen (secondary N) is 2. The molecule has 3 aromatic rings. The van der Waals surface area contributed by atoms with E-state index in [1.165, 1.54) is 0 Å². The summed E-state index contributed by atoms with van der Waals surface area (Å²) in [5.74, 6) is 0.654. The molecule has 0 spiro atoms. The second-order valence-corrected chi connectivity index (χ2v) is 6.12. The molecule has 0 atom stereocenters. The fraction of sp³-hybridized carbons (Fsp3) is 0.211. The van der Waals surface area contributed by atoms with Crippen molar-refractivity contribution in [3.05, 3.63) is 36.4 Å². The van der Waals surface area contributed by atoms with Crippen LogP contribution in [0.15, 0.2) is 36.4 Å². The molecule has 0 radical (unpaired) electrons. The maximum Gasteiger partial charge on any atom is 0.303 e. The lowest BCUT2D eigenvalue weighted by Crippen LogP contribution is -2.15. The molecule has 8 nitrogen and oxygen atoms in total. The van der Waals surface area contributed by atoms with Crippen LogP contribution in [0.2, 0.25) is 0 Å². The summed E-state index contributed by atoms with van der Waals surface area (Å²) in [6.07, 6.45) is -0.278. The van der Waals surface area contributed by atoms with Crippen LogP contribution in [0, 0.1) is 0 Å². The Bertz CT molecular complexity index is 984. The molecule has 2 aromatic carbocycles. The van der Waals surface area contributed by atoms with Crippen molar-refractivity contribution in [2.75, 3.05) is 18.5 Å². The highest BCUT2D eigenvalue weighted by Gasteiger charge is 2.15. The molecule has 0 saturated heterocycles. The molecule has 138 valence electrons. The minimum absolute atomic E-state index is 0.0737. The van der Waals surface area contributed by atoms with Gasteiger partial charge >= 0.3 is 5.97 Å². The zero-order chi connectivity index (χ0) is 18.8. The van der Waals surface area contributed by atoms with Crippen molar-refractivity contribution in [1.29, 1.82) is 0 Å². The van der Waals surface area contributed by atoms with Gasteiger partial charge in [-0.15, -0.1) is 0 Å². The number of imidazole rings is 1. The van der Waals surface area contributed by atoms with E-state index < -0.39 is 5.97 Å². The van der Waals surface area contributed by atoms with Gasteiger partial charge in [0.2, 0.25) is 5.91 Å². The SMILES string of the molecule is O=C(O)CCC(=O)Nc1cccc(-c2nc3cc4c(cc3[nH]2)OCCO4)c1. The summed E-state index contributed by atoms with van der Waals surface area (Å²) in [5, 5.41) is 11.4. The van der Waals surface area contributed by atoms with E-state index in [4.69, 9.17) is 14.6 Å². The Hall–Kier alpha value is -3.55. The topological polar surface area (TPSA) is 114 Å². The molecule has 2 heterocycles. The van der Waals surface area contributed by atoms with Crippen LogP contribution in [0.1, 0.15) is 12.8 Å². The molecular formula is C19H17N3O5. The predicted molar refractivity (Wildman–Crippen MR) is 98.0 cm³/mol. The van der Waals surface area contributed by atoms with Crippen LogP contribution < -0.4 is 14.8 Å². The molecule has 27 heavy (non-hydrogen) atoms. The van der Waals surface area contributed by atoms with Gasteiger partial charge in [0.1, 0.15) is 19.0 Å². The summed E-state index contributed by atoms with van der Waals surface area (Å²) < 4.78 is 11.2. The van der Waals surface area contributed by atoms with Gasteiger partial charge in [-0.3, -0.25) is 9.59 Å². The Morgan fingerprint density at radius 2 is 1.89 bits per heavy atom. The number of carboxylic acid groups (broad SMARTS) is 1. The standard InChI is InChI=1S/C19H17N3O5/c23-17(4-5-18(24)25)20-12-3-1-2-11(8-12)19-21-13-9-15-16(10-14(13)22-19)27-7-6-26-15/h1-3,8-10H,4-7H2,(H,20,23)(H,21,22)(H,24,25). The number of ether oxygens (including phenoxy) is 2. The van der Waals surface area contributed by atoms with Crippen LogP contribution in [-0.2, 0) is 9.59 Å². The van der Waals surface area contributed by atoms with Gasteiger partial charge in [0.15, 0.2) is 11.5 Å². The van der Waals surface area contributed by atoms with Gasteiger partial charge in [-0.1, -0.05) is 12.1 Å². The number of aromatic amines is 1. The highest BCUT2D eigenvalue weighted by Crippen LogP contribution is 2.34. The van der Waals surface area contributed by atoms with E-state index in [1.807, 2.05) is 18.2 Å². The van der Waals surface area contributed by atoms with Crippen molar-refractivity contribution >= 4 is 28.6 Å². The number of carbonyl (C=O) groups is 2. The van der Waals surface area contributed by atoms with Crippen molar-refractivity contribution in [2.24, 2.45) is 0 Å². The number of aliphatic carboxylic acids is 1. The van der Waals surface area contributed by atoms with E-state index in [0.717, 1.165) is 16.6 Å². The molecule has 0 fully saturated rings. The van der Waals surface area contributed by atoms with Crippen molar-refractivity contribution in [1.82, 2.24) is 9.97 Å². The Morgan fingerprint density at radius 1 is 1.11 bits per heavy atom. The number of carbonyl (C=O) groups excluding carboxylic acids is 1. The zero-order valence-electron chi connectivity index (χ0n) is 14.3. The Morgan fingerprint density at radius 3 is 2.67 bits per heavy atom. The van der Waals surface area contributed by atoms with Crippen LogP contribution in [0.25, 0.3) is 22.4 Å². The first-order valence-electron chi connectivity index (χ1n) is 8.50. The number of nitrogens with zero attached hydrogens (tertiary/aromatic N) is 1. The first-order valence-corrected chi connectivity index (χ1v) is 8.50. The summed E-state index contributed by atoms with van der Waals surface area (Å²) in [4.78, 5) is 30.2. The molecule has 0 saturated carbocycles. The van der Waals surface area contributed by atoms with Gasteiger partial charge in [-0.2, -0.15) is 0 Å². The monoisotopic (exact) mass is 367 g/mol. The van der Waals surface area contributed by atoms with Gasteiger partial charge < -0.3 is 24.9 Å². The smallest absolute Gasteiger partial charge is 0.303 e. The normalized spacial score (nSPS) is 12.7. The third kappa shape index (κ3) is 3.69. The van der Waals surface area contributed by atoms with Gasteiger partial charge in [0.25, 0.3) is 0 Å². The number of fused-ring (bicyclic) bond motifs is 2. The third-order valence-electron chi connectivity index (χ3n) is 4.13. The van der Waals surface area contributed by atoms with E-state index in [-0.39, 0.29) is 18.7 Å². The lowest BCUT2D eigenvalue weighted by atomic mass is 10.2. The minimum atomic E-state index is -1.00. The molecule has 1 aromatic heterocycles. The van der Waals surface area contributed by atoms with E-state index in [9.17, 15) is 9.59 Å². The molecule has 1 aliphatic heterocycles. The maximum atomic E-state index is 11.8. The summed E-state index contributed by atoms with van der Waals surface area (Å²) >= 11 is 0. The molecule has 4 rings (SSSR count). The third-order valence-corrected chi connectivity index (χ3v) is 4.13. The molecule has 0 aliphatic carbocycles. The second kappa shape index (κ2) is 6.99. The minimum Gasteiger partial charge on any atom is -0.486 e. The van der Waals surface area contributed by atoms with Crippen LogP contribution in [0.3, 0.4) is 0 Å². The molecule has 0 bridgehead atoms. The average Bonchev–Trinajstić information content (AvgIpc) is 3.07. The molecule has 1 aliphatic rings. The summed E-state index contributed by atoms with van der Waals surface area (Å²) in [6, 6.07) is 10.9. The highest BCUT2D eigenvalue weighted by molar-refractivity contribution is 5.93. The van der Waals surface area contributed by atoms with Crippen LogP contribution in [0.5, 0.6) is 11.5 Å². The van der Waals surface area contributed by atoms with Gasteiger partial charge in [-0.05, 0) is 12.1 Å².